The Hall–Kier alpha value is -1.71. The number of amides is 2. The Morgan fingerprint density at radius 1 is 1.39 bits per heavy atom. The van der Waals surface area contributed by atoms with E-state index in [0.717, 1.165) is 4.47 Å². The molecule has 1 aromatic carbocycles. The Balaban J connectivity index is 2.19. The molecule has 2 rings (SSSR count). The number of rotatable bonds is 3. The molecule has 1 atom stereocenters. The number of hydrogen-bond acceptors (Lipinski definition) is 3. The molecule has 2 N–H and O–H groups in total. The standard InChI is InChI=1S/C12H10BrN3O2/c13-8-1-3-9(4-2-8)16-11(17)7-10(12(16)18)15-6-5-14/h1-4,10,15H,6-7H2/p+1/t10-/m1/s1. The van der Waals surface area contributed by atoms with Crippen LogP contribution >= 0.6 is 15.9 Å². The highest BCUT2D eigenvalue weighted by Crippen LogP contribution is 2.23. The quantitative estimate of drug-likeness (QED) is 0.638. The largest absolute Gasteiger partial charge is 0.324 e. The van der Waals surface area contributed by atoms with E-state index in [0.29, 0.717) is 5.69 Å². The molecule has 18 heavy (non-hydrogen) atoms. The number of nitrogens with zero attached hydrogens (tertiary/aromatic N) is 2. The number of benzene rings is 1. The third-order valence-electron chi connectivity index (χ3n) is 2.76. The third kappa shape index (κ3) is 2.42. The summed E-state index contributed by atoms with van der Waals surface area (Å²) in [5, 5.41) is 10.1. The molecule has 92 valence electrons. The number of carbonyl (C=O) groups is 2. The van der Waals surface area contributed by atoms with E-state index in [1.54, 1.807) is 29.6 Å². The Morgan fingerprint density at radius 2 is 2.06 bits per heavy atom. The van der Waals surface area contributed by atoms with Gasteiger partial charge < -0.3 is 5.32 Å². The van der Waals surface area contributed by atoms with E-state index in [1.807, 2.05) is 6.07 Å². The average molecular weight is 309 g/mol. The molecular formula is C12H11BrN3O2+. The van der Waals surface area contributed by atoms with Gasteiger partial charge in [-0.05, 0) is 24.3 Å². The predicted octanol–water partition coefficient (Wildman–Crippen LogP) is 0.168. The zero-order valence-electron chi connectivity index (χ0n) is 9.47. The second-order valence-corrected chi connectivity index (χ2v) is 4.87. The highest BCUT2D eigenvalue weighted by Gasteiger charge is 2.41. The number of quaternary nitrogens is 1. The highest BCUT2D eigenvalue weighted by atomic mass is 79.9. The predicted molar refractivity (Wildman–Crippen MR) is 67.4 cm³/mol. The van der Waals surface area contributed by atoms with E-state index < -0.39 is 6.04 Å². The summed E-state index contributed by atoms with van der Waals surface area (Å²) in [6.45, 7) is 0.178. The molecule has 1 aromatic rings. The normalized spacial score (nSPS) is 19.1. The van der Waals surface area contributed by atoms with Gasteiger partial charge in [-0.25, -0.2) is 4.90 Å². The van der Waals surface area contributed by atoms with E-state index in [2.05, 4.69) is 15.9 Å². The first kappa shape index (κ1) is 12.7. The number of imide groups is 1. The SMILES string of the molecule is N#CC[NH2+][C@@H]1CC(=O)N(c2ccc(Br)cc2)C1=O. The lowest BCUT2D eigenvalue weighted by atomic mass is 10.2. The summed E-state index contributed by atoms with van der Waals surface area (Å²) < 4.78 is 0.887. The zero-order chi connectivity index (χ0) is 13.1. The smallest absolute Gasteiger partial charge is 0.292 e. The van der Waals surface area contributed by atoms with Gasteiger partial charge in [0.25, 0.3) is 5.91 Å². The summed E-state index contributed by atoms with van der Waals surface area (Å²) in [6.07, 6.45) is 0.149. The summed E-state index contributed by atoms with van der Waals surface area (Å²) in [4.78, 5) is 25.1. The Kier molecular flexibility index (Phi) is 3.75. The Labute approximate surface area is 113 Å². The van der Waals surface area contributed by atoms with Crippen molar-refractivity contribution in [1.29, 1.82) is 5.26 Å². The lowest BCUT2D eigenvalue weighted by Gasteiger charge is -2.13. The van der Waals surface area contributed by atoms with Crippen molar-refractivity contribution in [3.8, 4) is 6.07 Å². The minimum atomic E-state index is -0.471. The van der Waals surface area contributed by atoms with E-state index in [-0.39, 0.29) is 24.8 Å². The van der Waals surface area contributed by atoms with Crippen molar-refractivity contribution in [3.63, 3.8) is 0 Å². The van der Waals surface area contributed by atoms with Crippen molar-refractivity contribution < 1.29 is 14.9 Å². The van der Waals surface area contributed by atoms with Crippen LogP contribution < -0.4 is 10.2 Å². The molecule has 1 heterocycles. The lowest BCUT2D eigenvalue weighted by molar-refractivity contribution is -0.664. The fourth-order valence-corrected chi connectivity index (χ4v) is 2.16. The molecule has 1 saturated heterocycles. The molecule has 0 radical (unpaired) electrons. The number of hydrogen-bond donors (Lipinski definition) is 1. The van der Waals surface area contributed by atoms with Crippen molar-refractivity contribution in [2.24, 2.45) is 0 Å². The summed E-state index contributed by atoms with van der Waals surface area (Å²) in [5.74, 6) is -0.473. The molecule has 0 aromatic heterocycles. The molecule has 0 spiro atoms. The van der Waals surface area contributed by atoms with Crippen LogP contribution in [0.1, 0.15) is 6.42 Å². The molecule has 2 amide bonds. The van der Waals surface area contributed by atoms with Gasteiger partial charge in [0, 0.05) is 4.47 Å². The molecule has 6 heteroatoms. The fraction of sp³-hybridized carbons (Fsp3) is 0.250. The minimum Gasteiger partial charge on any atom is -0.324 e. The van der Waals surface area contributed by atoms with Crippen LogP contribution in [0.5, 0.6) is 0 Å². The lowest BCUT2D eigenvalue weighted by Crippen LogP contribution is -2.91. The van der Waals surface area contributed by atoms with Crippen LogP contribution in [0.25, 0.3) is 0 Å². The van der Waals surface area contributed by atoms with Gasteiger partial charge in [-0.3, -0.25) is 9.59 Å². The van der Waals surface area contributed by atoms with Gasteiger partial charge in [0.2, 0.25) is 5.91 Å². The molecule has 1 aliphatic rings. The second kappa shape index (κ2) is 5.29. The number of anilines is 1. The van der Waals surface area contributed by atoms with Crippen molar-refractivity contribution in [1.82, 2.24) is 0 Å². The molecule has 5 nitrogen and oxygen atoms in total. The summed E-state index contributed by atoms with van der Waals surface area (Å²) in [7, 11) is 0. The molecular weight excluding hydrogens is 298 g/mol. The van der Waals surface area contributed by atoms with E-state index >= 15 is 0 Å². The highest BCUT2D eigenvalue weighted by molar-refractivity contribution is 9.10. The molecule has 1 fully saturated rings. The van der Waals surface area contributed by atoms with Crippen molar-refractivity contribution in [2.45, 2.75) is 12.5 Å². The first-order chi connectivity index (χ1) is 8.63. The van der Waals surface area contributed by atoms with Gasteiger partial charge in [-0.15, -0.1) is 0 Å². The van der Waals surface area contributed by atoms with Gasteiger partial charge in [0.1, 0.15) is 6.07 Å². The third-order valence-corrected chi connectivity index (χ3v) is 3.29. The topological polar surface area (TPSA) is 77.8 Å². The van der Waals surface area contributed by atoms with Crippen LogP contribution in [0.2, 0.25) is 0 Å². The van der Waals surface area contributed by atoms with Crippen LogP contribution in [0.3, 0.4) is 0 Å². The zero-order valence-corrected chi connectivity index (χ0v) is 11.1. The van der Waals surface area contributed by atoms with Gasteiger partial charge >= 0.3 is 0 Å². The minimum absolute atomic E-state index is 0.149. The monoisotopic (exact) mass is 308 g/mol. The van der Waals surface area contributed by atoms with Crippen LogP contribution in [-0.2, 0) is 9.59 Å². The molecule has 0 aliphatic carbocycles. The van der Waals surface area contributed by atoms with Crippen LogP contribution in [-0.4, -0.2) is 24.4 Å². The molecule has 1 aliphatic heterocycles. The van der Waals surface area contributed by atoms with Crippen molar-refractivity contribution in [3.05, 3.63) is 28.7 Å². The van der Waals surface area contributed by atoms with Crippen LogP contribution in [0, 0.1) is 11.3 Å². The van der Waals surface area contributed by atoms with Crippen molar-refractivity contribution in [2.75, 3.05) is 11.4 Å². The maximum Gasteiger partial charge on any atom is 0.292 e. The van der Waals surface area contributed by atoms with E-state index in [9.17, 15) is 9.59 Å². The second-order valence-electron chi connectivity index (χ2n) is 3.95. The number of nitrogens with two attached hydrogens (primary N) is 1. The Bertz CT molecular complexity index is 521. The van der Waals surface area contributed by atoms with Gasteiger partial charge in [0.05, 0.1) is 12.1 Å². The first-order valence-electron chi connectivity index (χ1n) is 5.46. The van der Waals surface area contributed by atoms with E-state index in [4.69, 9.17) is 5.26 Å². The van der Waals surface area contributed by atoms with Crippen molar-refractivity contribution >= 4 is 33.4 Å². The summed E-state index contributed by atoms with van der Waals surface area (Å²) in [5.41, 5.74) is 0.570. The number of carbonyl (C=O) groups excluding carboxylic acids is 2. The first-order valence-corrected chi connectivity index (χ1v) is 6.25. The van der Waals surface area contributed by atoms with Gasteiger partial charge in [-0.1, -0.05) is 15.9 Å². The molecule has 0 bridgehead atoms. The Morgan fingerprint density at radius 3 is 2.67 bits per heavy atom. The van der Waals surface area contributed by atoms with E-state index in [1.165, 1.54) is 4.90 Å². The number of nitriles is 1. The number of halogens is 1. The van der Waals surface area contributed by atoms with Crippen LogP contribution in [0.15, 0.2) is 28.7 Å². The van der Waals surface area contributed by atoms with Crippen LogP contribution in [0.4, 0.5) is 5.69 Å². The summed E-state index contributed by atoms with van der Waals surface area (Å²) >= 11 is 3.30. The van der Waals surface area contributed by atoms with Gasteiger partial charge in [-0.2, -0.15) is 5.26 Å². The van der Waals surface area contributed by atoms with Gasteiger partial charge in [0.15, 0.2) is 12.6 Å². The average Bonchev–Trinajstić information content (AvgIpc) is 2.63. The maximum atomic E-state index is 12.1. The fourth-order valence-electron chi connectivity index (χ4n) is 1.90. The molecule has 0 unspecified atom stereocenters. The maximum absolute atomic E-state index is 12.1. The summed E-state index contributed by atoms with van der Waals surface area (Å²) in [6, 6.07) is 8.47. The molecule has 0 saturated carbocycles.